The Bertz CT molecular complexity index is 856. The number of methoxy groups -OCH3 is 2. The van der Waals surface area contributed by atoms with Gasteiger partial charge in [-0.05, 0) is 42.0 Å². The van der Waals surface area contributed by atoms with Gasteiger partial charge in [-0.2, -0.15) is 0 Å². The van der Waals surface area contributed by atoms with Crippen molar-refractivity contribution in [2.45, 2.75) is 0 Å². The molecule has 2 aromatic carbocycles. The van der Waals surface area contributed by atoms with Crippen LogP contribution in [-0.2, 0) is 4.79 Å². The fourth-order valence-corrected chi connectivity index (χ4v) is 2.49. The van der Waals surface area contributed by atoms with Crippen LogP contribution in [-0.4, -0.2) is 45.0 Å². The number of benzene rings is 2. The van der Waals surface area contributed by atoms with E-state index in [0.717, 1.165) is 5.56 Å². The minimum atomic E-state index is -0.345. The molecule has 0 radical (unpaired) electrons. The van der Waals surface area contributed by atoms with Gasteiger partial charge in [0.05, 0.1) is 24.8 Å². The highest BCUT2D eigenvalue weighted by atomic mass is 35.5. The molecule has 0 fully saturated rings. The smallest absolute Gasteiger partial charge is 0.254 e. The van der Waals surface area contributed by atoms with E-state index in [-0.39, 0.29) is 11.8 Å². The molecular weight excluding hydrogens is 368 g/mol. The summed E-state index contributed by atoms with van der Waals surface area (Å²) >= 11 is 6.07. The van der Waals surface area contributed by atoms with Crippen LogP contribution < -0.4 is 14.8 Å². The molecule has 0 heterocycles. The van der Waals surface area contributed by atoms with E-state index in [1.165, 1.54) is 11.0 Å². The van der Waals surface area contributed by atoms with Crippen molar-refractivity contribution in [2.24, 2.45) is 0 Å². The van der Waals surface area contributed by atoms with E-state index in [1.54, 1.807) is 70.8 Å². The van der Waals surface area contributed by atoms with E-state index in [0.29, 0.717) is 27.8 Å². The van der Waals surface area contributed by atoms with Gasteiger partial charge in [0.2, 0.25) is 5.91 Å². The molecule has 27 heavy (non-hydrogen) atoms. The average molecular weight is 389 g/mol. The van der Waals surface area contributed by atoms with Gasteiger partial charge in [-0.25, -0.2) is 0 Å². The number of amides is 2. The summed E-state index contributed by atoms with van der Waals surface area (Å²) in [6, 6.07) is 10.1. The van der Waals surface area contributed by atoms with Crippen molar-refractivity contribution in [1.82, 2.24) is 4.90 Å². The van der Waals surface area contributed by atoms with Gasteiger partial charge in [0.1, 0.15) is 11.5 Å². The summed E-state index contributed by atoms with van der Waals surface area (Å²) in [5.41, 5.74) is 1.55. The molecule has 2 rings (SSSR count). The number of ether oxygens (including phenoxy) is 2. The van der Waals surface area contributed by atoms with Crippen molar-refractivity contribution in [2.75, 3.05) is 33.6 Å². The van der Waals surface area contributed by atoms with E-state index >= 15 is 0 Å². The Hall–Kier alpha value is -2.99. The molecule has 0 aromatic heterocycles. The first-order valence-corrected chi connectivity index (χ1v) is 8.45. The molecule has 1 N–H and O–H groups in total. The van der Waals surface area contributed by atoms with Crippen molar-refractivity contribution in [3.8, 4) is 11.5 Å². The lowest BCUT2D eigenvalue weighted by Crippen LogP contribution is -2.22. The first-order valence-electron chi connectivity index (χ1n) is 8.07. The number of nitrogens with one attached hydrogen (secondary N) is 1. The van der Waals surface area contributed by atoms with Crippen LogP contribution in [0.15, 0.2) is 42.5 Å². The van der Waals surface area contributed by atoms with Crippen molar-refractivity contribution >= 4 is 35.2 Å². The number of anilines is 1. The molecule has 2 aromatic rings. The monoisotopic (exact) mass is 388 g/mol. The third-order valence-electron chi connectivity index (χ3n) is 3.67. The van der Waals surface area contributed by atoms with Crippen LogP contribution in [0.4, 0.5) is 5.69 Å². The number of carbonyl (C=O) groups is 2. The highest BCUT2D eigenvalue weighted by Crippen LogP contribution is 2.24. The number of halogens is 1. The molecule has 0 aliphatic carbocycles. The first kappa shape index (κ1) is 20.3. The van der Waals surface area contributed by atoms with E-state index < -0.39 is 0 Å². The average Bonchev–Trinajstić information content (AvgIpc) is 2.66. The lowest BCUT2D eigenvalue weighted by molar-refractivity contribution is -0.111. The molecule has 7 heteroatoms. The Balaban J connectivity index is 2.15. The van der Waals surface area contributed by atoms with Crippen LogP contribution in [0.25, 0.3) is 6.08 Å². The minimum Gasteiger partial charge on any atom is -0.497 e. The molecule has 0 unspecified atom stereocenters. The Morgan fingerprint density at radius 3 is 2.22 bits per heavy atom. The summed E-state index contributed by atoms with van der Waals surface area (Å²) in [5, 5.41) is 3.04. The van der Waals surface area contributed by atoms with Gasteiger partial charge in [0.15, 0.2) is 0 Å². The molecule has 0 saturated carbocycles. The second-order valence-corrected chi connectivity index (χ2v) is 6.27. The van der Waals surface area contributed by atoms with Crippen LogP contribution >= 0.6 is 11.6 Å². The van der Waals surface area contributed by atoms with Gasteiger partial charge in [0, 0.05) is 31.9 Å². The minimum absolute atomic E-state index is 0.241. The lowest BCUT2D eigenvalue weighted by Gasteiger charge is -2.13. The van der Waals surface area contributed by atoms with Gasteiger partial charge in [-0.3, -0.25) is 9.59 Å². The van der Waals surface area contributed by atoms with Crippen molar-refractivity contribution in [3.63, 3.8) is 0 Å². The number of hydrogen-bond donors (Lipinski definition) is 1. The van der Waals surface area contributed by atoms with E-state index in [1.807, 2.05) is 0 Å². The number of nitrogens with zero attached hydrogens (tertiary/aromatic N) is 1. The molecular formula is C20H21ClN2O4. The molecule has 0 aliphatic heterocycles. The first-order chi connectivity index (χ1) is 12.8. The van der Waals surface area contributed by atoms with Gasteiger partial charge < -0.3 is 19.7 Å². The van der Waals surface area contributed by atoms with Crippen molar-refractivity contribution < 1.29 is 19.1 Å². The van der Waals surface area contributed by atoms with Crippen LogP contribution in [0.2, 0.25) is 5.02 Å². The quantitative estimate of drug-likeness (QED) is 0.766. The zero-order valence-corrected chi connectivity index (χ0v) is 16.3. The molecule has 0 aliphatic rings. The largest absolute Gasteiger partial charge is 0.497 e. The Kier molecular flexibility index (Phi) is 6.85. The zero-order valence-electron chi connectivity index (χ0n) is 15.6. The maximum atomic E-state index is 12.2. The maximum Gasteiger partial charge on any atom is 0.254 e. The highest BCUT2D eigenvalue weighted by molar-refractivity contribution is 6.34. The maximum absolute atomic E-state index is 12.2. The predicted octanol–water partition coefficient (Wildman–Crippen LogP) is 3.71. The second-order valence-electron chi connectivity index (χ2n) is 5.86. The lowest BCUT2D eigenvalue weighted by atomic mass is 10.1. The molecule has 0 spiro atoms. The predicted molar refractivity (Wildman–Crippen MR) is 107 cm³/mol. The summed E-state index contributed by atoms with van der Waals surface area (Å²) in [6.07, 6.45) is 3.03. The van der Waals surface area contributed by atoms with Crippen molar-refractivity contribution in [3.05, 3.63) is 58.6 Å². The number of hydrogen-bond acceptors (Lipinski definition) is 4. The number of rotatable bonds is 6. The Labute approximate surface area is 163 Å². The summed E-state index contributed by atoms with van der Waals surface area (Å²) in [7, 11) is 6.38. The normalized spacial score (nSPS) is 10.6. The molecule has 2 amide bonds. The molecule has 0 bridgehead atoms. The summed E-state index contributed by atoms with van der Waals surface area (Å²) < 4.78 is 10.4. The Morgan fingerprint density at radius 2 is 1.67 bits per heavy atom. The zero-order chi connectivity index (χ0) is 20.0. The highest BCUT2D eigenvalue weighted by Gasteiger charge is 2.13. The third-order valence-corrected chi connectivity index (χ3v) is 4.00. The van der Waals surface area contributed by atoms with Crippen LogP contribution in [0, 0.1) is 0 Å². The summed E-state index contributed by atoms with van der Waals surface area (Å²) in [5.74, 6) is 0.662. The third kappa shape index (κ3) is 5.49. The fraction of sp³-hybridized carbons (Fsp3) is 0.200. The van der Waals surface area contributed by atoms with Gasteiger partial charge >= 0.3 is 0 Å². The summed E-state index contributed by atoms with van der Waals surface area (Å²) in [6.45, 7) is 0. The van der Waals surface area contributed by atoms with E-state index in [4.69, 9.17) is 21.1 Å². The standard InChI is InChI=1S/C20H21ClN2O4/c1-23(2)20(25)17-11-14(6-7-18(17)21)22-19(24)8-5-13-9-15(26-3)12-16(10-13)27-4/h5-12H,1-4H3,(H,22,24)/b8-5+. The molecule has 0 atom stereocenters. The topological polar surface area (TPSA) is 67.9 Å². The SMILES string of the molecule is COc1cc(/C=C/C(=O)Nc2ccc(Cl)c(C(=O)N(C)C)c2)cc(OC)c1. The molecule has 0 saturated heterocycles. The van der Waals surface area contributed by atoms with Crippen LogP contribution in [0.3, 0.4) is 0 Å². The Morgan fingerprint density at radius 1 is 1.04 bits per heavy atom. The van der Waals surface area contributed by atoms with Crippen molar-refractivity contribution in [1.29, 1.82) is 0 Å². The van der Waals surface area contributed by atoms with Gasteiger partial charge in [-0.1, -0.05) is 11.6 Å². The second kappa shape index (κ2) is 9.09. The van der Waals surface area contributed by atoms with E-state index in [2.05, 4.69) is 5.32 Å². The van der Waals surface area contributed by atoms with Gasteiger partial charge in [0.25, 0.3) is 5.91 Å². The van der Waals surface area contributed by atoms with Crippen LogP contribution in [0.5, 0.6) is 11.5 Å². The number of carbonyl (C=O) groups excluding carboxylic acids is 2. The van der Waals surface area contributed by atoms with Gasteiger partial charge in [-0.15, -0.1) is 0 Å². The van der Waals surface area contributed by atoms with E-state index in [9.17, 15) is 9.59 Å². The molecule has 6 nitrogen and oxygen atoms in total. The van der Waals surface area contributed by atoms with Crippen LogP contribution in [0.1, 0.15) is 15.9 Å². The summed E-state index contributed by atoms with van der Waals surface area (Å²) in [4.78, 5) is 25.8. The molecule has 142 valence electrons. The fourth-order valence-electron chi connectivity index (χ4n) is 2.29.